The van der Waals surface area contributed by atoms with Crippen molar-refractivity contribution in [1.29, 1.82) is 0 Å². The van der Waals surface area contributed by atoms with E-state index in [0.29, 0.717) is 10.8 Å². The monoisotopic (exact) mass is 321 g/mol. The fourth-order valence-electron chi connectivity index (χ4n) is 2.41. The Morgan fingerprint density at radius 1 is 1.09 bits per heavy atom. The number of anilines is 1. The lowest BCUT2D eigenvalue weighted by molar-refractivity contribution is 0.103. The average molecular weight is 321 g/mol. The lowest BCUT2D eigenvalue weighted by Gasteiger charge is -2.04. The maximum atomic E-state index is 12.7. The molecule has 3 aromatic rings. The zero-order valence-electron chi connectivity index (χ0n) is 12.4. The number of benzene rings is 1. The summed E-state index contributed by atoms with van der Waals surface area (Å²) < 4.78 is 0. The highest BCUT2D eigenvalue weighted by atomic mass is 32.1. The van der Waals surface area contributed by atoms with Crippen LogP contribution in [0, 0.1) is 0 Å². The Hall–Kier alpha value is -2.53. The SMILES string of the molecule is O=C(Nc1ccncc1)c1sc(C2CC2)nc1-c1ccccc1. The van der Waals surface area contributed by atoms with Crippen LogP contribution >= 0.6 is 11.3 Å². The van der Waals surface area contributed by atoms with Crippen molar-refractivity contribution in [3.63, 3.8) is 0 Å². The molecule has 114 valence electrons. The zero-order chi connectivity index (χ0) is 15.6. The van der Waals surface area contributed by atoms with Crippen LogP contribution in [0.15, 0.2) is 54.9 Å². The molecule has 1 amide bonds. The molecule has 4 nitrogen and oxygen atoms in total. The number of nitrogens with one attached hydrogen (secondary N) is 1. The minimum atomic E-state index is -0.112. The molecule has 0 radical (unpaired) electrons. The molecule has 0 saturated heterocycles. The van der Waals surface area contributed by atoms with E-state index in [2.05, 4.69) is 10.3 Å². The lowest BCUT2D eigenvalue weighted by atomic mass is 10.1. The van der Waals surface area contributed by atoms with Crippen molar-refractivity contribution in [1.82, 2.24) is 9.97 Å². The Balaban J connectivity index is 1.70. The number of hydrogen-bond acceptors (Lipinski definition) is 4. The molecule has 4 rings (SSSR count). The van der Waals surface area contributed by atoms with Crippen molar-refractivity contribution in [2.24, 2.45) is 0 Å². The number of thiazole rings is 1. The molecule has 0 spiro atoms. The van der Waals surface area contributed by atoms with Crippen molar-refractivity contribution in [3.8, 4) is 11.3 Å². The normalized spacial score (nSPS) is 13.7. The summed E-state index contributed by atoms with van der Waals surface area (Å²) in [5, 5.41) is 4.01. The molecule has 1 aliphatic rings. The Morgan fingerprint density at radius 2 is 1.83 bits per heavy atom. The van der Waals surface area contributed by atoms with Gasteiger partial charge in [-0.25, -0.2) is 4.98 Å². The van der Waals surface area contributed by atoms with Crippen molar-refractivity contribution >= 4 is 22.9 Å². The minimum Gasteiger partial charge on any atom is -0.321 e. The molecule has 1 fully saturated rings. The first kappa shape index (κ1) is 14.1. The third-order valence-electron chi connectivity index (χ3n) is 3.76. The summed E-state index contributed by atoms with van der Waals surface area (Å²) in [7, 11) is 0. The topological polar surface area (TPSA) is 54.9 Å². The molecular formula is C18H15N3OS. The van der Waals surface area contributed by atoms with Gasteiger partial charge in [0.15, 0.2) is 0 Å². The van der Waals surface area contributed by atoms with Gasteiger partial charge in [0, 0.05) is 29.6 Å². The van der Waals surface area contributed by atoms with Crippen LogP contribution < -0.4 is 5.32 Å². The molecule has 0 unspecified atom stereocenters. The van der Waals surface area contributed by atoms with Gasteiger partial charge in [0.2, 0.25) is 0 Å². The van der Waals surface area contributed by atoms with Gasteiger partial charge < -0.3 is 5.32 Å². The number of amides is 1. The van der Waals surface area contributed by atoms with E-state index in [4.69, 9.17) is 4.98 Å². The third-order valence-corrected chi connectivity index (χ3v) is 4.98. The van der Waals surface area contributed by atoms with Gasteiger partial charge in [-0.05, 0) is 25.0 Å². The van der Waals surface area contributed by atoms with Crippen molar-refractivity contribution in [3.05, 3.63) is 64.7 Å². The number of carbonyl (C=O) groups is 1. The zero-order valence-corrected chi connectivity index (χ0v) is 13.2. The molecule has 23 heavy (non-hydrogen) atoms. The van der Waals surface area contributed by atoms with E-state index >= 15 is 0 Å². The van der Waals surface area contributed by atoms with Crippen molar-refractivity contribution in [2.45, 2.75) is 18.8 Å². The predicted octanol–water partition coefficient (Wildman–Crippen LogP) is 4.33. The number of nitrogens with zero attached hydrogens (tertiary/aromatic N) is 2. The van der Waals surface area contributed by atoms with Crippen LogP contribution in [-0.2, 0) is 0 Å². The number of carbonyl (C=O) groups excluding carboxylic acids is 1. The molecule has 0 bridgehead atoms. The second kappa shape index (κ2) is 5.93. The van der Waals surface area contributed by atoms with Gasteiger partial charge in [0.1, 0.15) is 4.88 Å². The number of rotatable bonds is 4. The summed E-state index contributed by atoms with van der Waals surface area (Å²) >= 11 is 1.51. The molecule has 1 aliphatic carbocycles. The summed E-state index contributed by atoms with van der Waals surface area (Å²) in [5.41, 5.74) is 2.50. The molecule has 2 heterocycles. The molecule has 1 N–H and O–H groups in total. The highest BCUT2D eigenvalue weighted by Gasteiger charge is 2.30. The van der Waals surface area contributed by atoms with E-state index < -0.39 is 0 Å². The van der Waals surface area contributed by atoms with Crippen LogP contribution in [0.3, 0.4) is 0 Å². The Bertz CT molecular complexity index is 826. The van der Waals surface area contributed by atoms with E-state index in [-0.39, 0.29) is 5.91 Å². The van der Waals surface area contributed by atoms with E-state index in [0.717, 1.165) is 22.0 Å². The van der Waals surface area contributed by atoms with Crippen molar-refractivity contribution < 1.29 is 4.79 Å². The molecule has 0 aliphatic heterocycles. The van der Waals surface area contributed by atoms with Gasteiger partial charge in [-0.3, -0.25) is 9.78 Å². The summed E-state index contributed by atoms with van der Waals surface area (Å²) in [6.07, 6.45) is 5.67. The first-order valence-corrected chi connectivity index (χ1v) is 8.40. The summed E-state index contributed by atoms with van der Waals surface area (Å²) in [4.78, 5) is 22.1. The maximum Gasteiger partial charge on any atom is 0.268 e. The molecule has 1 saturated carbocycles. The Kier molecular flexibility index (Phi) is 3.63. The Labute approximate surface area is 138 Å². The van der Waals surface area contributed by atoms with Gasteiger partial charge in [0.05, 0.1) is 10.7 Å². The number of aromatic nitrogens is 2. The van der Waals surface area contributed by atoms with E-state index in [1.165, 1.54) is 24.2 Å². The second-order valence-electron chi connectivity index (χ2n) is 5.56. The third kappa shape index (κ3) is 3.00. The summed E-state index contributed by atoms with van der Waals surface area (Å²) in [6.45, 7) is 0. The first-order valence-electron chi connectivity index (χ1n) is 7.59. The van der Waals surface area contributed by atoms with Crippen LogP contribution in [0.25, 0.3) is 11.3 Å². The van der Waals surface area contributed by atoms with E-state index in [9.17, 15) is 4.79 Å². The van der Waals surface area contributed by atoms with Crippen LogP contribution in [0.5, 0.6) is 0 Å². The predicted molar refractivity (Wildman–Crippen MR) is 91.7 cm³/mol. The van der Waals surface area contributed by atoms with E-state index in [1.54, 1.807) is 24.5 Å². The summed E-state index contributed by atoms with van der Waals surface area (Å²) in [6, 6.07) is 13.5. The van der Waals surface area contributed by atoms with E-state index in [1.807, 2.05) is 30.3 Å². The molecule has 0 atom stereocenters. The second-order valence-corrected chi connectivity index (χ2v) is 6.59. The summed E-state index contributed by atoms with van der Waals surface area (Å²) in [5.74, 6) is 0.421. The highest BCUT2D eigenvalue weighted by molar-refractivity contribution is 7.14. The maximum absolute atomic E-state index is 12.7. The lowest BCUT2D eigenvalue weighted by Crippen LogP contribution is -2.11. The minimum absolute atomic E-state index is 0.112. The largest absolute Gasteiger partial charge is 0.321 e. The van der Waals surface area contributed by atoms with Gasteiger partial charge in [-0.15, -0.1) is 11.3 Å². The molecule has 2 aromatic heterocycles. The van der Waals surface area contributed by atoms with Crippen LogP contribution in [0.4, 0.5) is 5.69 Å². The van der Waals surface area contributed by atoms with Crippen LogP contribution in [-0.4, -0.2) is 15.9 Å². The quantitative estimate of drug-likeness (QED) is 0.778. The van der Waals surface area contributed by atoms with Gasteiger partial charge >= 0.3 is 0 Å². The molecule has 5 heteroatoms. The first-order chi connectivity index (χ1) is 11.3. The standard InChI is InChI=1S/C18H15N3OS/c22-17(20-14-8-10-19-11-9-14)16-15(12-4-2-1-3-5-12)21-18(23-16)13-6-7-13/h1-5,8-11,13H,6-7H2,(H,19,20,22). The fraction of sp³-hybridized carbons (Fsp3) is 0.167. The number of hydrogen-bond donors (Lipinski definition) is 1. The van der Waals surface area contributed by atoms with Crippen LogP contribution in [0.2, 0.25) is 0 Å². The molecular weight excluding hydrogens is 306 g/mol. The van der Waals surface area contributed by atoms with Gasteiger partial charge in [-0.1, -0.05) is 30.3 Å². The smallest absolute Gasteiger partial charge is 0.268 e. The number of pyridine rings is 1. The fourth-order valence-corrected chi connectivity index (χ4v) is 3.56. The van der Waals surface area contributed by atoms with Crippen molar-refractivity contribution in [2.75, 3.05) is 5.32 Å². The van der Waals surface area contributed by atoms with Gasteiger partial charge in [0.25, 0.3) is 5.91 Å². The molecule has 1 aromatic carbocycles. The Morgan fingerprint density at radius 3 is 2.52 bits per heavy atom. The van der Waals surface area contributed by atoms with Crippen LogP contribution in [0.1, 0.15) is 33.4 Å². The average Bonchev–Trinajstić information content (AvgIpc) is 3.35. The van der Waals surface area contributed by atoms with Gasteiger partial charge in [-0.2, -0.15) is 0 Å². The highest BCUT2D eigenvalue weighted by Crippen LogP contribution is 2.44.